The van der Waals surface area contributed by atoms with Crippen molar-refractivity contribution in [3.05, 3.63) is 60.8 Å². The quantitative estimate of drug-likeness (QED) is 0.0172. The van der Waals surface area contributed by atoms with E-state index < -0.39 is 80.7 Å². The van der Waals surface area contributed by atoms with E-state index in [9.17, 15) is 40.5 Å². The Kier molecular flexibility index (Phi) is 42.0. The van der Waals surface area contributed by atoms with Crippen molar-refractivity contribution in [1.82, 2.24) is 0 Å². The van der Waals surface area contributed by atoms with Crippen LogP contribution in [0.25, 0.3) is 0 Å². The van der Waals surface area contributed by atoms with Gasteiger partial charge in [0.05, 0.1) is 26.4 Å². The maximum atomic E-state index is 13.1. The number of esters is 1. The number of allylic oxidation sites excluding steroid dienone is 10. The second kappa shape index (κ2) is 45.8. The number of aliphatic hydroxyl groups is 7. The van der Waals surface area contributed by atoms with Gasteiger partial charge in [0.2, 0.25) is 0 Å². The van der Waals surface area contributed by atoms with Crippen LogP contribution < -0.4 is 0 Å². The summed E-state index contributed by atoms with van der Waals surface area (Å²) in [6, 6.07) is 0. The topological polar surface area (TPSA) is 214 Å². The smallest absolute Gasteiger partial charge is 0.306 e. The zero-order valence-corrected chi connectivity index (χ0v) is 45.4. The summed E-state index contributed by atoms with van der Waals surface area (Å²) in [4.78, 5) is 13.1. The second-order valence-corrected chi connectivity index (χ2v) is 20.1. The molecule has 14 heteroatoms. The van der Waals surface area contributed by atoms with Crippen LogP contribution in [0.5, 0.6) is 0 Å². The van der Waals surface area contributed by atoms with Crippen molar-refractivity contribution in [2.75, 3.05) is 33.0 Å². The summed E-state index contributed by atoms with van der Waals surface area (Å²) in [6.45, 7) is 3.62. The van der Waals surface area contributed by atoms with E-state index in [1.807, 2.05) is 0 Å². The van der Waals surface area contributed by atoms with E-state index in [2.05, 4.69) is 74.6 Å². The predicted molar refractivity (Wildman–Crippen MR) is 289 cm³/mol. The van der Waals surface area contributed by atoms with E-state index in [1.165, 1.54) is 103 Å². The highest BCUT2D eigenvalue weighted by atomic mass is 16.7. The van der Waals surface area contributed by atoms with E-state index in [0.29, 0.717) is 13.0 Å². The van der Waals surface area contributed by atoms with Gasteiger partial charge in [-0.3, -0.25) is 4.79 Å². The van der Waals surface area contributed by atoms with Crippen LogP contribution in [0.4, 0.5) is 0 Å². The van der Waals surface area contributed by atoms with Crippen molar-refractivity contribution in [3.8, 4) is 0 Å². The van der Waals surface area contributed by atoms with Crippen LogP contribution in [0.15, 0.2) is 60.8 Å². The number of unbranched alkanes of at least 4 members (excludes halogenated alkanes) is 22. The number of aliphatic hydroxyl groups excluding tert-OH is 7. The van der Waals surface area contributed by atoms with Gasteiger partial charge in [-0.1, -0.05) is 177 Å². The normalized spacial score (nSPS) is 25.4. The molecule has 0 aliphatic carbocycles. The van der Waals surface area contributed by atoms with Crippen LogP contribution in [0.2, 0.25) is 0 Å². The molecule has 0 aromatic rings. The van der Waals surface area contributed by atoms with E-state index in [4.69, 9.17) is 28.4 Å². The molecule has 0 aromatic carbocycles. The fourth-order valence-electron chi connectivity index (χ4n) is 8.79. The highest BCUT2D eigenvalue weighted by Gasteiger charge is 2.47. The lowest BCUT2D eigenvalue weighted by atomic mass is 9.98. The van der Waals surface area contributed by atoms with E-state index >= 15 is 0 Å². The molecule has 7 N–H and O–H groups in total. The van der Waals surface area contributed by atoms with Crippen LogP contribution in [0.1, 0.15) is 206 Å². The number of rotatable bonds is 46. The fraction of sp³-hybridized carbons (Fsp3) is 0.814. The van der Waals surface area contributed by atoms with Gasteiger partial charge in [-0.25, -0.2) is 0 Å². The highest BCUT2D eigenvalue weighted by molar-refractivity contribution is 5.69. The van der Waals surface area contributed by atoms with Crippen LogP contribution in [0.3, 0.4) is 0 Å². The molecule has 73 heavy (non-hydrogen) atoms. The molecule has 14 nitrogen and oxygen atoms in total. The lowest BCUT2D eigenvalue weighted by Gasteiger charge is -2.42. The number of hydrogen-bond donors (Lipinski definition) is 7. The molecule has 0 radical (unpaired) electrons. The molecule has 2 heterocycles. The molecule has 2 fully saturated rings. The number of carbonyl (C=O) groups is 1. The van der Waals surface area contributed by atoms with Gasteiger partial charge in [-0.15, -0.1) is 0 Å². The van der Waals surface area contributed by atoms with Gasteiger partial charge in [-0.05, 0) is 83.5 Å². The summed E-state index contributed by atoms with van der Waals surface area (Å²) in [5.74, 6) is -0.390. The van der Waals surface area contributed by atoms with E-state index in [-0.39, 0.29) is 25.6 Å². The van der Waals surface area contributed by atoms with Crippen molar-refractivity contribution >= 4 is 5.97 Å². The predicted octanol–water partition coefficient (Wildman–Crippen LogP) is 10.1. The summed E-state index contributed by atoms with van der Waals surface area (Å²) < 4.78 is 34.4. The van der Waals surface area contributed by atoms with Crippen LogP contribution in [0, 0.1) is 0 Å². The van der Waals surface area contributed by atoms with Gasteiger partial charge in [0.25, 0.3) is 0 Å². The van der Waals surface area contributed by atoms with Gasteiger partial charge in [0.15, 0.2) is 12.6 Å². The summed E-state index contributed by atoms with van der Waals surface area (Å²) in [6.07, 6.45) is 39.8. The highest BCUT2D eigenvalue weighted by Crippen LogP contribution is 2.26. The maximum absolute atomic E-state index is 13.1. The molecule has 2 aliphatic heterocycles. The van der Waals surface area contributed by atoms with Gasteiger partial charge < -0.3 is 64.2 Å². The van der Waals surface area contributed by atoms with Gasteiger partial charge >= 0.3 is 5.97 Å². The Labute approximate surface area is 441 Å². The summed E-state index contributed by atoms with van der Waals surface area (Å²) in [5.41, 5.74) is 0. The minimum absolute atomic E-state index is 0.0522. The number of hydrogen-bond acceptors (Lipinski definition) is 14. The molecule has 11 unspecified atom stereocenters. The average molecular weight is 1040 g/mol. The Morgan fingerprint density at radius 1 is 0.452 bits per heavy atom. The third kappa shape index (κ3) is 32.8. The standard InChI is InChI=1S/C59H104O14/c1-3-5-7-9-11-13-15-17-19-21-23-25-27-29-31-33-35-37-39-41-43-68-45-48(71-51(61)42-40-38-36-34-32-30-28-26-24-22-20-18-16-14-12-10-8-6-4-2)46-69-58-57(67)55(65)53(63)50(73-58)47-70-59-56(66)54(64)52(62)49(44-60)72-59/h11-14,17-20,24,26,48-50,52-60,62-67H,3-10,15-16,21-23,25,27-47H2,1-2H3/b13-11-,14-12-,19-17-,20-18-,26-24-. The molecule has 0 bridgehead atoms. The SMILES string of the molecule is CCCCC/C=C\C/C=C\C/C=C\CCCCCCCCC(=O)OC(COCCCCCCCCCCCC/C=C\C/C=C\CCCCC)COC1OC(COC2OC(CO)C(O)C(O)C2O)C(O)C(O)C1O. The third-order valence-corrected chi connectivity index (χ3v) is 13.5. The minimum Gasteiger partial charge on any atom is -0.457 e. The van der Waals surface area contributed by atoms with Crippen molar-refractivity contribution in [2.45, 2.75) is 274 Å². The Balaban J connectivity index is 1.73. The Hall–Kier alpha value is -2.31. The van der Waals surface area contributed by atoms with Crippen LogP contribution in [-0.2, 0) is 33.2 Å². The van der Waals surface area contributed by atoms with Crippen molar-refractivity contribution in [1.29, 1.82) is 0 Å². The largest absolute Gasteiger partial charge is 0.457 e. The second-order valence-electron chi connectivity index (χ2n) is 20.1. The van der Waals surface area contributed by atoms with Gasteiger partial charge in [-0.2, -0.15) is 0 Å². The summed E-state index contributed by atoms with van der Waals surface area (Å²) >= 11 is 0. The van der Waals surface area contributed by atoms with Gasteiger partial charge in [0.1, 0.15) is 54.9 Å². The van der Waals surface area contributed by atoms with Crippen molar-refractivity contribution in [2.24, 2.45) is 0 Å². The van der Waals surface area contributed by atoms with Crippen LogP contribution >= 0.6 is 0 Å². The van der Waals surface area contributed by atoms with E-state index in [1.54, 1.807) is 0 Å². The Morgan fingerprint density at radius 2 is 0.849 bits per heavy atom. The maximum Gasteiger partial charge on any atom is 0.306 e. The molecule has 2 aliphatic rings. The number of carbonyl (C=O) groups excluding carboxylic acids is 1. The van der Waals surface area contributed by atoms with Crippen LogP contribution in [-0.4, -0.2) is 142 Å². The molecule has 0 spiro atoms. The first-order valence-electron chi connectivity index (χ1n) is 28.9. The van der Waals surface area contributed by atoms with Gasteiger partial charge in [0, 0.05) is 13.0 Å². The zero-order chi connectivity index (χ0) is 53.0. The number of ether oxygens (including phenoxy) is 6. The molecule has 2 saturated heterocycles. The zero-order valence-electron chi connectivity index (χ0n) is 45.4. The van der Waals surface area contributed by atoms with Crippen molar-refractivity contribution < 1.29 is 69.0 Å². The molecule has 0 saturated carbocycles. The molecule has 11 atom stereocenters. The first kappa shape index (κ1) is 66.8. The first-order valence-corrected chi connectivity index (χ1v) is 28.9. The fourth-order valence-corrected chi connectivity index (χ4v) is 8.79. The summed E-state index contributed by atoms with van der Waals surface area (Å²) in [5, 5.41) is 72.3. The molecule has 0 aromatic heterocycles. The average Bonchev–Trinajstić information content (AvgIpc) is 3.39. The lowest BCUT2D eigenvalue weighted by Crippen LogP contribution is -2.61. The molecule has 2 rings (SSSR count). The monoisotopic (exact) mass is 1040 g/mol. The first-order chi connectivity index (χ1) is 35.6. The van der Waals surface area contributed by atoms with E-state index in [0.717, 1.165) is 77.0 Å². The third-order valence-electron chi connectivity index (χ3n) is 13.5. The Morgan fingerprint density at radius 3 is 1.33 bits per heavy atom. The molecule has 424 valence electrons. The van der Waals surface area contributed by atoms with Crippen molar-refractivity contribution in [3.63, 3.8) is 0 Å². The Bertz CT molecular complexity index is 1440. The molecular formula is C59H104O14. The summed E-state index contributed by atoms with van der Waals surface area (Å²) in [7, 11) is 0. The molecular weight excluding hydrogens is 933 g/mol. The lowest BCUT2D eigenvalue weighted by molar-refractivity contribution is -0.332. The minimum atomic E-state index is -1.71. The molecule has 0 amide bonds.